The molecule has 0 spiro atoms. The summed E-state index contributed by atoms with van der Waals surface area (Å²) in [6, 6.07) is 34.6. The predicted octanol–water partition coefficient (Wildman–Crippen LogP) is 6.34. The van der Waals surface area contributed by atoms with Gasteiger partial charge < -0.3 is 24.3 Å². The van der Waals surface area contributed by atoms with Crippen molar-refractivity contribution >= 4 is 24.0 Å². The fraction of sp³-hybridized carbons (Fsp3) is 0.263. The van der Waals surface area contributed by atoms with Crippen LogP contribution >= 0.6 is 0 Å². The SMILES string of the molecule is COC(=O)[C@H](CC(=O)OC(C)(C)C)[C@H](NC(=O)OCc1ccccc1)C(=O)OC(c1ccccc1)(c1ccccc1)c1ccccc1. The Labute approximate surface area is 274 Å². The lowest BCUT2D eigenvalue weighted by molar-refractivity contribution is -0.167. The van der Waals surface area contributed by atoms with Gasteiger partial charge in [0.2, 0.25) is 0 Å². The third-order valence-electron chi connectivity index (χ3n) is 7.25. The first-order valence-corrected chi connectivity index (χ1v) is 15.2. The fourth-order valence-electron chi connectivity index (χ4n) is 5.18. The number of methoxy groups -OCH3 is 1. The Hall–Kier alpha value is -5.44. The van der Waals surface area contributed by atoms with Crippen LogP contribution in [0.15, 0.2) is 121 Å². The summed E-state index contributed by atoms with van der Waals surface area (Å²) >= 11 is 0. The number of hydrogen-bond acceptors (Lipinski definition) is 8. The van der Waals surface area contributed by atoms with Crippen LogP contribution in [0.2, 0.25) is 0 Å². The molecule has 0 heterocycles. The number of esters is 3. The third kappa shape index (κ3) is 9.07. The van der Waals surface area contributed by atoms with Crippen molar-refractivity contribution in [2.45, 2.75) is 51.0 Å². The second kappa shape index (κ2) is 15.7. The molecule has 0 fully saturated rings. The van der Waals surface area contributed by atoms with Crippen molar-refractivity contribution in [2.24, 2.45) is 5.92 Å². The number of benzene rings is 4. The summed E-state index contributed by atoms with van der Waals surface area (Å²) in [6.45, 7) is 4.93. The molecule has 0 unspecified atom stereocenters. The Morgan fingerprint density at radius 3 is 1.51 bits per heavy atom. The molecule has 4 aromatic carbocycles. The van der Waals surface area contributed by atoms with Crippen LogP contribution in [0, 0.1) is 5.92 Å². The molecule has 0 saturated heterocycles. The van der Waals surface area contributed by atoms with E-state index in [0.29, 0.717) is 22.3 Å². The standard InChI is InChI=1S/C38H39NO8/c1-37(2,3)46-32(40)25-31(34(41)44-4)33(39-36(43)45-26-27-17-9-5-10-18-27)35(42)47-38(28-19-11-6-12-20-28,29-21-13-7-14-22-29)30-23-15-8-16-24-30/h5-24,31,33H,25-26H2,1-4H3,(H,39,43)/t31-,33+/m1/s1. The largest absolute Gasteiger partial charge is 0.469 e. The number of amides is 1. The van der Waals surface area contributed by atoms with Gasteiger partial charge in [-0.05, 0) is 26.3 Å². The number of alkyl carbamates (subject to hydrolysis) is 1. The highest BCUT2D eigenvalue weighted by molar-refractivity contribution is 5.91. The van der Waals surface area contributed by atoms with Crippen LogP contribution in [0.25, 0.3) is 0 Å². The van der Waals surface area contributed by atoms with Gasteiger partial charge in [-0.3, -0.25) is 9.59 Å². The topological polar surface area (TPSA) is 117 Å². The van der Waals surface area contributed by atoms with Gasteiger partial charge >= 0.3 is 24.0 Å². The molecule has 0 aliphatic rings. The van der Waals surface area contributed by atoms with Crippen LogP contribution in [-0.4, -0.2) is 42.8 Å². The number of carbonyl (C=O) groups excluding carboxylic acids is 4. The minimum atomic E-state index is -1.71. The highest BCUT2D eigenvalue weighted by atomic mass is 16.6. The second-order valence-electron chi connectivity index (χ2n) is 11.8. The van der Waals surface area contributed by atoms with Crippen molar-refractivity contribution in [3.05, 3.63) is 144 Å². The number of rotatable bonds is 12. The summed E-state index contributed by atoms with van der Waals surface area (Å²) in [5.74, 6) is -4.22. The summed E-state index contributed by atoms with van der Waals surface area (Å²) in [6.07, 6.45) is -1.59. The molecule has 4 rings (SSSR count). The van der Waals surface area contributed by atoms with Gasteiger partial charge in [0.15, 0.2) is 5.60 Å². The number of hydrogen-bond donors (Lipinski definition) is 1. The Kier molecular flexibility index (Phi) is 11.5. The molecule has 0 aromatic heterocycles. The van der Waals surface area contributed by atoms with Gasteiger partial charge in [0.1, 0.15) is 18.2 Å². The van der Waals surface area contributed by atoms with Crippen LogP contribution < -0.4 is 5.32 Å². The van der Waals surface area contributed by atoms with Gasteiger partial charge in [0.25, 0.3) is 0 Å². The second-order valence-corrected chi connectivity index (χ2v) is 11.8. The highest BCUT2D eigenvalue weighted by Gasteiger charge is 2.46. The van der Waals surface area contributed by atoms with Crippen LogP contribution in [0.5, 0.6) is 0 Å². The average molecular weight is 638 g/mol. The molecule has 9 nitrogen and oxygen atoms in total. The molecular weight excluding hydrogens is 598 g/mol. The van der Waals surface area contributed by atoms with E-state index in [9.17, 15) is 19.2 Å². The number of carbonyl (C=O) groups is 4. The van der Waals surface area contributed by atoms with E-state index in [1.165, 1.54) is 0 Å². The van der Waals surface area contributed by atoms with Crippen molar-refractivity contribution < 1.29 is 38.1 Å². The zero-order valence-corrected chi connectivity index (χ0v) is 26.9. The molecule has 0 radical (unpaired) electrons. The van der Waals surface area contributed by atoms with Gasteiger partial charge in [0.05, 0.1) is 19.4 Å². The molecule has 4 aromatic rings. The smallest absolute Gasteiger partial charge is 0.408 e. The van der Waals surface area contributed by atoms with Crippen LogP contribution in [0.3, 0.4) is 0 Å². The summed E-state index contributed by atoms with van der Waals surface area (Å²) in [5.41, 5.74) is 0.130. The van der Waals surface area contributed by atoms with E-state index in [1.54, 1.807) is 45.0 Å². The molecule has 47 heavy (non-hydrogen) atoms. The maximum atomic E-state index is 14.6. The van der Waals surface area contributed by atoms with E-state index in [4.69, 9.17) is 18.9 Å². The van der Waals surface area contributed by atoms with Gasteiger partial charge in [-0.1, -0.05) is 121 Å². The lowest BCUT2D eigenvalue weighted by atomic mass is 9.80. The van der Waals surface area contributed by atoms with E-state index in [1.807, 2.05) is 97.1 Å². The molecule has 1 amide bonds. The maximum absolute atomic E-state index is 14.6. The Balaban J connectivity index is 1.80. The molecule has 0 saturated carbocycles. The quantitative estimate of drug-likeness (QED) is 0.109. The van der Waals surface area contributed by atoms with E-state index < -0.39 is 53.6 Å². The average Bonchev–Trinajstić information content (AvgIpc) is 3.08. The first-order valence-electron chi connectivity index (χ1n) is 15.2. The summed E-state index contributed by atoms with van der Waals surface area (Å²) in [7, 11) is 1.13. The van der Waals surface area contributed by atoms with E-state index >= 15 is 0 Å². The fourth-order valence-corrected chi connectivity index (χ4v) is 5.18. The predicted molar refractivity (Wildman–Crippen MR) is 175 cm³/mol. The Morgan fingerprint density at radius 2 is 1.09 bits per heavy atom. The highest BCUT2D eigenvalue weighted by Crippen LogP contribution is 2.41. The zero-order valence-electron chi connectivity index (χ0n) is 26.9. The molecule has 1 N–H and O–H groups in total. The molecule has 0 aliphatic carbocycles. The van der Waals surface area contributed by atoms with Gasteiger partial charge in [0, 0.05) is 16.7 Å². The van der Waals surface area contributed by atoms with Crippen molar-refractivity contribution in [1.29, 1.82) is 0 Å². The van der Waals surface area contributed by atoms with Gasteiger partial charge in [-0.2, -0.15) is 0 Å². The van der Waals surface area contributed by atoms with Crippen LogP contribution in [0.4, 0.5) is 4.79 Å². The minimum Gasteiger partial charge on any atom is -0.469 e. The monoisotopic (exact) mass is 637 g/mol. The number of nitrogens with one attached hydrogen (secondary N) is 1. The van der Waals surface area contributed by atoms with E-state index in [0.717, 1.165) is 7.11 Å². The third-order valence-corrected chi connectivity index (χ3v) is 7.25. The van der Waals surface area contributed by atoms with Gasteiger partial charge in [-0.15, -0.1) is 0 Å². The van der Waals surface area contributed by atoms with E-state index in [-0.39, 0.29) is 6.61 Å². The van der Waals surface area contributed by atoms with Crippen molar-refractivity contribution in [3.63, 3.8) is 0 Å². The summed E-state index contributed by atoms with van der Waals surface area (Å²) in [4.78, 5) is 54.1. The first kappa shape index (κ1) is 34.4. The maximum Gasteiger partial charge on any atom is 0.408 e. The van der Waals surface area contributed by atoms with Crippen molar-refractivity contribution in [3.8, 4) is 0 Å². The summed E-state index contributed by atoms with van der Waals surface area (Å²) in [5, 5.41) is 2.50. The minimum absolute atomic E-state index is 0.106. The molecule has 2 atom stereocenters. The number of ether oxygens (including phenoxy) is 4. The van der Waals surface area contributed by atoms with Crippen molar-refractivity contribution in [1.82, 2.24) is 5.32 Å². The van der Waals surface area contributed by atoms with Crippen LogP contribution in [0.1, 0.15) is 49.4 Å². The lowest BCUT2D eigenvalue weighted by Gasteiger charge is -2.37. The van der Waals surface area contributed by atoms with Gasteiger partial charge in [-0.25, -0.2) is 9.59 Å². The molecule has 0 aliphatic heterocycles. The van der Waals surface area contributed by atoms with Crippen LogP contribution in [-0.2, 0) is 45.5 Å². The molecule has 9 heteroatoms. The lowest BCUT2D eigenvalue weighted by Crippen LogP contribution is -2.52. The molecule has 244 valence electrons. The normalized spacial score (nSPS) is 12.6. The first-order chi connectivity index (χ1) is 22.5. The molecule has 0 bridgehead atoms. The zero-order chi connectivity index (χ0) is 33.9. The Bertz CT molecular complexity index is 1520. The summed E-state index contributed by atoms with van der Waals surface area (Å²) < 4.78 is 22.4. The van der Waals surface area contributed by atoms with E-state index in [2.05, 4.69) is 5.32 Å². The molecular formula is C38H39NO8. The Morgan fingerprint density at radius 1 is 0.638 bits per heavy atom. The van der Waals surface area contributed by atoms with Crippen molar-refractivity contribution in [2.75, 3.05) is 7.11 Å².